The molecule has 2 aliphatic carbocycles. The number of carboxylic acid groups (broad SMARTS) is 1. The van der Waals surface area contributed by atoms with Gasteiger partial charge >= 0.3 is 5.97 Å². The predicted octanol–water partition coefficient (Wildman–Crippen LogP) is 1.44. The summed E-state index contributed by atoms with van der Waals surface area (Å²) >= 11 is 0. The number of aliphatic hydroxyl groups is 5. The van der Waals surface area contributed by atoms with Crippen molar-refractivity contribution in [2.75, 3.05) is 13.2 Å². The van der Waals surface area contributed by atoms with Gasteiger partial charge in [0.1, 0.15) is 24.4 Å². The van der Waals surface area contributed by atoms with Crippen LogP contribution in [0.15, 0.2) is 11.6 Å². The fourth-order valence-electron chi connectivity index (χ4n) is 6.92. The average Bonchev–Trinajstić information content (AvgIpc) is 2.79. The number of aliphatic carboxylic acids is 1. The van der Waals surface area contributed by atoms with Gasteiger partial charge in [-0.25, -0.2) is 4.79 Å². The van der Waals surface area contributed by atoms with Crippen LogP contribution in [0.4, 0.5) is 0 Å². The van der Waals surface area contributed by atoms with Crippen LogP contribution in [-0.4, -0.2) is 86.6 Å². The minimum absolute atomic E-state index is 0.111. The smallest absolute Gasteiger partial charge is 0.331 e. The minimum atomic E-state index is -1.50. The molecule has 0 amide bonds. The third-order valence-corrected chi connectivity index (χ3v) is 9.18. The molecule has 9 nitrogen and oxygen atoms in total. The Morgan fingerprint density at radius 1 is 1.14 bits per heavy atom. The Bertz CT molecular complexity index is 766. The summed E-state index contributed by atoms with van der Waals surface area (Å²) in [5, 5.41) is 59.5. The van der Waals surface area contributed by atoms with Crippen LogP contribution in [0, 0.1) is 28.6 Å². The van der Waals surface area contributed by atoms with Crippen LogP contribution in [-0.2, 0) is 14.3 Å². The van der Waals surface area contributed by atoms with Crippen molar-refractivity contribution in [3.05, 3.63) is 11.6 Å². The van der Waals surface area contributed by atoms with E-state index in [0.717, 1.165) is 19.3 Å². The summed E-state index contributed by atoms with van der Waals surface area (Å²) in [6.45, 7) is 8.05. The molecular weight excluding hydrogens is 456 g/mol. The summed E-state index contributed by atoms with van der Waals surface area (Å²) in [6.07, 6.45) is -0.886. The Kier molecular flexibility index (Phi) is 9.06. The molecule has 0 unspecified atom stereocenters. The summed E-state index contributed by atoms with van der Waals surface area (Å²) < 4.78 is 11.8. The van der Waals surface area contributed by atoms with Crippen LogP contribution in [0.1, 0.15) is 66.2 Å². The molecule has 6 N–H and O–H groups in total. The Labute approximate surface area is 207 Å². The van der Waals surface area contributed by atoms with Crippen molar-refractivity contribution in [3.63, 3.8) is 0 Å². The van der Waals surface area contributed by atoms with Gasteiger partial charge in [0.2, 0.25) is 0 Å². The van der Waals surface area contributed by atoms with E-state index in [-0.39, 0.29) is 30.0 Å². The molecule has 1 saturated carbocycles. The average molecular weight is 501 g/mol. The number of allylic oxidation sites excluding steroid dienone is 1. The highest BCUT2D eigenvalue weighted by atomic mass is 16.7. The summed E-state index contributed by atoms with van der Waals surface area (Å²) in [5.41, 5.74) is -0.189. The summed E-state index contributed by atoms with van der Waals surface area (Å²) in [5.74, 6) is -0.577. The molecule has 1 saturated heterocycles. The fraction of sp³-hybridized carbons (Fsp3) is 0.885. The molecule has 0 aromatic carbocycles. The molecule has 1 aliphatic heterocycles. The van der Waals surface area contributed by atoms with E-state index in [1.807, 2.05) is 6.08 Å². The number of fused-ring (bicyclic) bond motifs is 1. The third-order valence-electron chi connectivity index (χ3n) is 9.18. The third kappa shape index (κ3) is 5.46. The van der Waals surface area contributed by atoms with E-state index < -0.39 is 48.7 Å². The van der Waals surface area contributed by atoms with Crippen LogP contribution in [0.5, 0.6) is 0 Å². The molecule has 0 radical (unpaired) electrons. The second-order valence-corrected chi connectivity index (χ2v) is 11.7. The molecule has 10 atom stereocenters. The monoisotopic (exact) mass is 500 g/mol. The maximum atomic E-state index is 12.2. The maximum absolute atomic E-state index is 12.2. The molecule has 0 aromatic heterocycles. The van der Waals surface area contributed by atoms with Gasteiger partial charge in [0.25, 0.3) is 0 Å². The fourth-order valence-corrected chi connectivity index (χ4v) is 6.92. The Hall–Kier alpha value is -1.07. The Morgan fingerprint density at radius 3 is 2.43 bits per heavy atom. The lowest BCUT2D eigenvalue weighted by Gasteiger charge is -2.59. The van der Waals surface area contributed by atoms with Crippen molar-refractivity contribution >= 4 is 5.97 Å². The number of ether oxygens (including phenoxy) is 2. The highest BCUT2D eigenvalue weighted by Gasteiger charge is 2.58. The highest BCUT2D eigenvalue weighted by molar-refractivity contribution is 5.87. The number of hydrogen-bond donors (Lipinski definition) is 6. The molecule has 3 rings (SSSR count). The summed E-state index contributed by atoms with van der Waals surface area (Å²) in [6, 6.07) is 0. The molecule has 2 fully saturated rings. The van der Waals surface area contributed by atoms with Crippen molar-refractivity contribution in [2.24, 2.45) is 28.6 Å². The molecule has 0 aromatic rings. The van der Waals surface area contributed by atoms with E-state index in [1.54, 1.807) is 0 Å². The number of aliphatic hydroxyl groups excluding tert-OH is 5. The van der Waals surface area contributed by atoms with E-state index >= 15 is 0 Å². The van der Waals surface area contributed by atoms with Gasteiger partial charge < -0.3 is 40.1 Å². The lowest BCUT2D eigenvalue weighted by molar-refractivity contribution is -0.326. The van der Waals surface area contributed by atoms with Gasteiger partial charge in [0.05, 0.1) is 12.7 Å². The van der Waals surface area contributed by atoms with E-state index in [2.05, 4.69) is 27.7 Å². The molecule has 0 spiro atoms. The topological polar surface area (TPSA) is 157 Å². The first-order chi connectivity index (χ1) is 16.4. The van der Waals surface area contributed by atoms with Crippen molar-refractivity contribution in [1.82, 2.24) is 0 Å². The maximum Gasteiger partial charge on any atom is 0.331 e. The van der Waals surface area contributed by atoms with E-state index in [0.29, 0.717) is 30.8 Å². The van der Waals surface area contributed by atoms with Crippen LogP contribution in [0.3, 0.4) is 0 Å². The lowest BCUT2D eigenvalue weighted by atomic mass is 9.47. The molecule has 1 heterocycles. The lowest BCUT2D eigenvalue weighted by Crippen LogP contribution is -2.62. The van der Waals surface area contributed by atoms with Crippen LogP contribution < -0.4 is 0 Å². The van der Waals surface area contributed by atoms with Crippen LogP contribution in [0.25, 0.3) is 0 Å². The van der Waals surface area contributed by atoms with Crippen molar-refractivity contribution in [2.45, 2.75) is 103 Å². The largest absolute Gasteiger partial charge is 0.478 e. The molecule has 0 bridgehead atoms. The van der Waals surface area contributed by atoms with Crippen LogP contribution >= 0.6 is 0 Å². The second kappa shape index (κ2) is 11.1. The zero-order valence-electron chi connectivity index (χ0n) is 21.3. The first kappa shape index (κ1) is 28.5. The predicted molar refractivity (Wildman–Crippen MR) is 127 cm³/mol. The van der Waals surface area contributed by atoms with Crippen LogP contribution in [0.2, 0.25) is 0 Å². The quantitative estimate of drug-likeness (QED) is 0.276. The Morgan fingerprint density at radius 2 is 1.83 bits per heavy atom. The zero-order chi connectivity index (χ0) is 26.1. The number of rotatable bonds is 9. The van der Waals surface area contributed by atoms with E-state index in [4.69, 9.17) is 9.47 Å². The zero-order valence-corrected chi connectivity index (χ0v) is 21.3. The molecule has 3 aliphatic rings. The number of hydrogen-bond acceptors (Lipinski definition) is 8. The first-order valence-corrected chi connectivity index (χ1v) is 12.9. The summed E-state index contributed by atoms with van der Waals surface area (Å²) in [4.78, 5) is 12.2. The van der Waals surface area contributed by atoms with Gasteiger partial charge in [-0.2, -0.15) is 0 Å². The first-order valence-electron chi connectivity index (χ1n) is 12.9. The number of carbonyl (C=O) groups is 1. The van der Waals surface area contributed by atoms with Crippen molar-refractivity contribution < 1.29 is 44.9 Å². The van der Waals surface area contributed by atoms with Gasteiger partial charge in [-0.1, -0.05) is 40.2 Å². The normalized spacial score (nSPS) is 42.1. The van der Waals surface area contributed by atoms with Gasteiger partial charge in [-0.05, 0) is 60.7 Å². The van der Waals surface area contributed by atoms with Gasteiger partial charge in [-0.3, -0.25) is 0 Å². The van der Waals surface area contributed by atoms with Crippen molar-refractivity contribution in [1.29, 1.82) is 0 Å². The van der Waals surface area contributed by atoms with Crippen molar-refractivity contribution in [3.8, 4) is 0 Å². The molecule has 35 heavy (non-hydrogen) atoms. The molecule has 9 heteroatoms. The van der Waals surface area contributed by atoms with Gasteiger partial charge in [0, 0.05) is 12.2 Å². The van der Waals surface area contributed by atoms with E-state index in [9.17, 15) is 35.4 Å². The molecule has 202 valence electrons. The second-order valence-electron chi connectivity index (χ2n) is 11.7. The number of carboxylic acids is 1. The standard InChI is InChI=1S/C26H44O9/c1-14(10-12-27)5-7-16-15(23(32)33)6-8-18-25(2,3)19(9-11-26(16,18)4)35-24-22(31)21(30)20(29)17(13-28)34-24/h6,14,16-22,24,27-31H,5,7-13H2,1-4H3,(H,32,33)/t14-,16+,17+,18+,19+,20+,21-,22+,24-,26+/m0/s1. The Balaban J connectivity index is 1.82. The van der Waals surface area contributed by atoms with Gasteiger partial charge in [-0.15, -0.1) is 0 Å². The SMILES string of the molecule is C[C@H](CCO)CC[C@@H]1C(C(=O)O)=CC[C@@H]2C(C)(C)[C@H](O[C@@H]3O[C@H](CO)[C@@H](O)[C@H](O)[C@H]3O)CC[C@]12C. The minimum Gasteiger partial charge on any atom is -0.478 e. The molecular formula is C26H44O9. The highest BCUT2D eigenvalue weighted by Crippen LogP contribution is 2.61. The van der Waals surface area contributed by atoms with E-state index in [1.165, 1.54) is 0 Å². The summed E-state index contributed by atoms with van der Waals surface area (Å²) in [7, 11) is 0. The van der Waals surface area contributed by atoms with Gasteiger partial charge in [0.15, 0.2) is 6.29 Å².